The maximum absolute atomic E-state index is 12.8. The summed E-state index contributed by atoms with van der Waals surface area (Å²) in [6.07, 6.45) is 0.236. The van der Waals surface area contributed by atoms with Crippen LogP contribution in [0.5, 0.6) is 0 Å². The van der Waals surface area contributed by atoms with Gasteiger partial charge in [0, 0.05) is 24.7 Å². The standard InChI is InChI=1S/C21H19N3O5S/c1-10(2)24-19-15(18(26)23(3)21(24)29)14(20(27)28)17(30-19)16(25)12-8-9-22-13-7-5-4-6-11(12)13/h4-10,16,25H,1-3H3,(H,27,28). The fraction of sp³-hybridized carbons (Fsp3) is 0.238. The van der Waals surface area contributed by atoms with E-state index in [0.29, 0.717) is 16.5 Å². The molecule has 0 aliphatic carbocycles. The quantitative estimate of drug-likeness (QED) is 0.520. The zero-order valence-electron chi connectivity index (χ0n) is 16.5. The Kier molecular flexibility index (Phi) is 4.79. The molecule has 1 aromatic carbocycles. The van der Waals surface area contributed by atoms with E-state index in [2.05, 4.69) is 4.98 Å². The summed E-state index contributed by atoms with van der Waals surface area (Å²) in [5, 5.41) is 21.7. The lowest BCUT2D eigenvalue weighted by Crippen LogP contribution is -2.38. The number of para-hydroxylation sites is 1. The molecule has 4 aromatic rings. The molecule has 0 saturated heterocycles. The second kappa shape index (κ2) is 7.19. The van der Waals surface area contributed by atoms with Gasteiger partial charge in [-0.15, -0.1) is 11.3 Å². The van der Waals surface area contributed by atoms with Crippen LogP contribution < -0.4 is 11.2 Å². The number of aromatic carboxylic acids is 1. The van der Waals surface area contributed by atoms with E-state index in [9.17, 15) is 24.6 Å². The van der Waals surface area contributed by atoms with Gasteiger partial charge < -0.3 is 10.2 Å². The number of fused-ring (bicyclic) bond motifs is 2. The molecule has 30 heavy (non-hydrogen) atoms. The molecule has 0 saturated carbocycles. The van der Waals surface area contributed by atoms with Crippen molar-refractivity contribution in [3.8, 4) is 0 Å². The highest BCUT2D eigenvalue weighted by Gasteiger charge is 2.30. The number of carbonyl (C=O) groups is 1. The van der Waals surface area contributed by atoms with E-state index in [1.807, 2.05) is 6.07 Å². The van der Waals surface area contributed by atoms with Gasteiger partial charge in [0.2, 0.25) is 0 Å². The van der Waals surface area contributed by atoms with Gasteiger partial charge in [0.15, 0.2) is 0 Å². The first kappa shape index (κ1) is 20.0. The third kappa shape index (κ3) is 2.86. The van der Waals surface area contributed by atoms with Crippen molar-refractivity contribution >= 4 is 38.4 Å². The van der Waals surface area contributed by atoms with Gasteiger partial charge in [0.1, 0.15) is 10.9 Å². The maximum atomic E-state index is 12.8. The molecule has 1 atom stereocenters. The van der Waals surface area contributed by atoms with Gasteiger partial charge in [-0.25, -0.2) is 9.59 Å². The Morgan fingerprint density at radius 2 is 1.87 bits per heavy atom. The highest BCUT2D eigenvalue weighted by Crippen LogP contribution is 2.38. The molecule has 154 valence electrons. The topological polar surface area (TPSA) is 114 Å². The first-order valence-electron chi connectivity index (χ1n) is 9.27. The van der Waals surface area contributed by atoms with Crippen LogP contribution in [0.3, 0.4) is 0 Å². The Labute approximate surface area is 174 Å². The zero-order valence-corrected chi connectivity index (χ0v) is 17.3. The first-order chi connectivity index (χ1) is 14.2. The van der Waals surface area contributed by atoms with E-state index < -0.39 is 23.3 Å². The number of rotatable bonds is 4. The summed E-state index contributed by atoms with van der Waals surface area (Å²) in [5.74, 6) is -1.33. The fourth-order valence-electron chi connectivity index (χ4n) is 3.67. The number of benzene rings is 1. The van der Waals surface area contributed by atoms with E-state index in [0.717, 1.165) is 15.9 Å². The average Bonchev–Trinajstić information content (AvgIpc) is 3.11. The van der Waals surface area contributed by atoms with Gasteiger partial charge in [-0.1, -0.05) is 18.2 Å². The lowest BCUT2D eigenvalue weighted by Gasteiger charge is -2.13. The number of aliphatic hydroxyl groups excluding tert-OH is 1. The summed E-state index contributed by atoms with van der Waals surface area (Å²) in [7, 11) is 1.32. The maximum Gasteiger partial charge on any atom is 0.337 e. The summed E-state index contributed by atoms with van der Waals surface area (Å²) in [5.41, 5.74) is -0.375. The molecule has 0 spiro atoms. The Bertz CT molecular complexity index is 1430. The lowest BCUT2D eigenvalue weighted by molar-refractivity contribution is 0.0694. The molecule has 0 radical (unpaired) electrons. The van der Waals surface area contributed by atoms with Crippen molar-refractivity contribution in [2.75, 3.05) is 0 Å². The van der Waals surface area contributed by atoms with Crippen LogP contribution in [0.4, 0.5) is 0 Å². The number of carboxylic acid groups (broad SMARTS) is 1. The van der Waals surface area contributed by atoms with Crippen molar-refractivity contribution < 1.29 is 15.0 Å². The second-order valence-corrected chi connectivity index (χ2v) is 8.29. The molecular formula is C21H19N3O5S. The molecule has 8 nitrogen and oxygen atoms in total. The minimum atomic E-state index is -1.33. The largest absolute Gasteiger partial charge is 0.478 e. The van der Waals surface area contributed by atoms with Crippen LogP contribution >= 0.6 is 11.3 Å². The van der Waals surface area contributed by atoms with Gasteiger partial charge in [0.05, 0.1) is 21.3 Å². The Morgan fingerprint density at radius 3 is 2.53 bits per heavy atom. The minimum Gasteiger partial charge on any atom is -0.478 e. The molecule has 0 aliphatic rings. The van der Waals surface area contributed by atoms with Crippen molar-refractivity contribution in [2.24, 2.45) is 7.05 Å². The molecule has 1 unspecified atom stereocenters. The predicted octanol–water partition coefficient (Wildman–Crippen LogP) is 2.67. The van der Waals surface area contributed by atoms with Crippen LogP contribution in [0.15, 0.2) is 46.1 Å². The predicted molar refractivity (Wildman–Crippen MR) is 114 cm³/mol. The normalized spacial score (nSPS) is 12.7. The van der Waals surface area contributed by atoms with E-state index in [4.69, 9.17) is 0 Å². The highest BCUT2D eigenvalue weighted by molar-refractivity contribution is 7.19. The van der Waals surface area contributed by atoms with E-state index in [1.54, 1.807) is 38.1 Å². The van der Waals surface area contributed by atoms with E-state index in [1.165, 1.54) is 17.8 Å². The molecular weight excluding hydrogens is 406 g/mol. The average molecular weight is 425 g/mol. The monoisotopic (exact) mass is 425 g/mol. The molecule has 4 rings (SSSR count). The van der Waals surface area contributed by atoms with Gasteiger partial charge in [-0.3, -0.25) is 18.9 Å². The molecule has 9 heteroatoms. The smallest absolute Gasteiger partial charge is 0.337 e. The van der Waals surface area contributed by atoms with Crippen LogP contribution in [0.25, 0.3) is 21.1 Å². The number of aromatic nitrogens is 3. The Hall–Kier alpha value is -3.30. The summed E-state index contributed by atoms with van der Waals surface area (Å²) < 4.78 is 2.29. The summed E-state index contributed by atoms with van der Waals surface area (Å²) in [6, 6.07) is 8.52. The number of hydrogen-bond acceptors (Lipinski definition) is 6. The Balaban J connectivity index is 2.11. The molecule has 3 aromatic heterocycles. The van der Waals surface area contributed by atoms with Crippen LogP contribution in [0.1, 0.15) is 46.8 Å². The number of nitrogens with zero attached hydrogens (tertiary/aromatic N) is 3. The summed E-state index contributed by atoms with van der Waals surface area (Å²) in [6.45, 7) is 3.55. The van der Waals surface area contributed by atoms with E-state index >= 15 is 0 Å². The molecule has 3 heterocycles. The van der Waals surface area contributed by atoms with Gasteiger partial charge in [-0.2, -0.15) is 0 Å². The fourth-order valence-corrected chi connectivity index (χ4v) is 5.08. The summed E-state index contributed by atoms with van der Waals surface area (Å²) in [4.78, 5) is 42.3. The summed E-state index contributed by atoms with van der Waals surface area (Å²) >= 11 is 0.954. The zero-order chi connectivity index (χ0) is 21.7. The third-order valence-electron chi connectivity index (χ3n) is 5.10. The van der Waals surface area contributed by atoms with Gasteiger partial charge >= 0.3 is 11.7 Å². The second-order valence-electron chi connectivity index (χ2n) is 7.26. The van der Waals surface area contributed by atoms with Crippen molar-refractivity contribution in [2.45, 2.75) is 26.0 Å². The van der Waals surface area contributed by atoms with Crippen molar-refractivity contribution in [1.29, 1.82) is 0 Å². The van der Waals surface area contributed by atoms with Crippen LogP contribution in [0, 0.1) is 0 Å². The van der Waals surface area contributed by atoms with Gasteiger partial charge in [0.25, 0.3) is 5.56 Å². The minimum absolute atomic E-state index is 0.0734. The van der Waals surface area contributed by atoms with Crippen molar-refractivity contribution in [3.63, 3.8) is 0 Å². The number of aliphatic hydroxyl groups is 1. The molecule has 0 fully saturated rings. The van der Waals surface area contributed by atoms with Crippen molar-refractivity contribution in [1.82, 2.24) is 14.1 Å². The molecule has 2 N–H and O–H groups in total. The SMILES string of the molecule is CC(C)n1c(=O)n(C)c(=O)c2c(C(=O)O)c(C(O)c3ccnc4ccccc34)sc21. The molecule has 0 amide bonds. The van der Waals surface area contributed by atoms with Gasteiger partial charge in [-0.05, 0) is 31.5 Å². The first-order valence-corrected chi connectivity index (χ1v) is 10.1. The van der Waals surface area contributed by atoms with Crippen LogP contribution in [-0.2, 0) is 7.05 Å². The molecule has 0 bridgehead atoms. The highest BCUT2D eigenvalue weighted by atomic mass is 32.1. The number of carboxylic acids is 1. The number of thiophene rings is 1. The number of pyridine rings is 1. The van der Waals surface area contributed by atoms with E-state index in [-0.39, 0.29) is 26.7 Å². The lowest BCUT2D eigenvalue weighted by atomic mass is 10.0. The number of hydrogen-bond donors (Lipinski definition) is 2. The van der Waals surface area contributed by atoms with Crippen LogP contribution in [0.2, 0.25) is 0 Å². The van der Waals surface area contributed by atoms with Crippen LogP contribution in [-0.4, -0.2) is 30.3 Å². The third-order valence-corrected chi connectivity index (χ3v) is 6.34. The molecule has 0 aliphatic heterocycles. The Morgan fingerprint density at radius 1 is 1.17 bits per heavy atom. The van der Waals surface area contributed by atoms with Crippen molar-refractivity contribution in [3.05, 3.63) is 73.4 Å².